The van der Waals surface area contributed by atoms with Gasteiger partial charge in [0, 0.05) is 0 Å². The monoisotopic (exact) mass is 304 g/mol. The number of hydrogen-bond acceptors (Lipinski definition) is 7. The minimum absolute atomic E-state index is 0.0123. The van der Waals surface area contributed by atoms with Crippen molar-refractivity contribution in [1.82, 2.24) is 0 Å². The largest absolute Gasteiger partial charge is 0.475 e. The molecule has 0 heterocycles. The molecule has 110 valence electrons. The van der Waals surface area contributed by atoms with Crippen LogP contribution in [0.1, 0.15) is 33.6 Å². The molecule has 0 rings (SSSR count). The van der Waals surface area contributed by atoms with Crippen LogP contribution in [-0.2, 0) is 32.4 Å². The van der Waals surface area contributed by atoms with E-state index in [4.69, 9.17) is 13.6 Å². The highest BCUT2D eigenvalue weighted by Gasteiger charge is 2.29. The summed E-state index contributed by atoms with van der Waals surface area (Å²) < 4.78 is 53.6. The summed E-state index contributed by atoms with van der Waals surface area (Å²) in [7, 11) is -7.70. The van der Waals surface area contributed by atoms with Crippen molar-refractivity contribution in [3.8, 4) is 0 Å². The van der Waals surface area contributed by atoms with Gasteiger partial charge in [-0.15, -0.1) is 0 Å². The lowest BCUT2D eigenvalue weighted by Crippen LogP contribution is -2.14. The van der Waals surface area contributed by atoms with Crippen molar-refractivity contribution in [2.75, 3.05) is 25.8 Å². The lowest BCUT2D eigenvalue weighted by molar-refractivity contribution is 0.123. The first-order valence-electron chi connectivity index (χ1n) is 5.79. The van der Waals surface area contributed by atoms with Crippen LogP contribution in [0.3, 0.4) is 0 Å². The molecule has 0 aliphatic heterocycles. The van der Waals surface area contributed by atoms with Gasteiger partial charge in [-0.1, -0.05) is 13.8 Å². The predicted octanol–water partition coefficient (Wildman–Crippen LogP) is 2.29. The minimum atomic E-state index is -3.87. The van der Waals surface area contributed by atoms with Crippen molar-refractivity contribution in [3.05, 3.63) is 0 Å². The average molecular weight is 304 g/mol. The first-order valence-corrected chi connectivity index (χ1v) is 8.83. The molecule has 0 spiro atoms. The molecule has 0 radical (unpaired) electrons. The van der Waals surface area contributed by atoms with E-state index in [0.29, 0.717) is 12.8 Å². The summed E-state index contributed by atoms with van der Waals surface area (Å²) in [5.74, 6) is -0.856. The van der Waals surface area contributed by atoms with E-state index < -0.39 is 23.9 Å². The van der Waals surface area contributed by atoms with Crippen LogP contribution < -0.4 is 0 Å². The molecule has 0 aromatic carbocycles. The van der Waals surface area contributed by atoms with Crippen molar-refractivity contribution < 1.29 is 30.7 Å². The zero-order chi connectivity index (χ0) is 14.1. The molecule has 0 aliphatic rings. The summed E-state index contributed by atoms with van der Waals surface area (Å²) in [6.45, 7) is 5.48. The van der Waals surface area contributed by atoms with Crippen LogP contribution in [0.15, 0.2) is 0 Å². The summed E-state index contributed by atoms with van der Waals surface area (Å²) in [4.78, 5) is 0. The smallest absolute Gasteiger partial charge is 0.287 e. The second-order valence-electron chi connectivity index (χ2n) is 3.32. The van der Waals surface area contributed by atoms with Gasteiger partial charge in [0.2, 0.25) is 0 Å². The molecule has 0 amide bonds. The molecule has 0 fully saturated rings. The van der Waals surface area contributed by atoms with Gasteiger partial charge < -0.3 is 0 Å². The summed E-state index contributed by atoms with van der Waals surface area (Å²) in [5, 5.41) is 0. The molecule has 0 N–H and O–H groups in total. The molecule has 0 unspecified atom stereocenters. The molecule has 0 saturated heterocycles. The van der Waals surface area contributed by atoms with E-state index in [0.717, 1.165) is 0 Å². The molecule has 0 aromatic heterocycles. The molecule has 0 aromatic rings. The molecule has 0 aliphatic carbocycles. The molecule has 0 saturated carbocycles. The Morgan fingerprint density at radius 1 is 0.944 bits per heavy atom. The normalized spacial score (nSPS) is 12.8. The second-order valence-corrected chi connectivity index (χ2v) is 6.58. The average Bonchev–Trinajstić information content (AvgIpc) is 2.32. The van der Waals surface area contributed by atoms with E-state index in [9.17, 15) is 13.0 Å². The van der Waals surface area contributed by atoms with Crippen LogP contribution in [0.2, 0.25) is 0 Å². The molecular formula is C9H21O7PS. The van der Waals surface area contributed by atoms with E-state index in [-0.39, 0.29) is 19.8 Å². The van der Waals surface area contributed by atoms with Gasteiger partial charge in [0.25, 0.3) is 10.1 Å². The Bertz CT molecular complexity index is 342. The van der Waals surface area contributed by atoms with E-state index in [2.05, 4.69) is 4.18 Å². The van der Waals surface area contributed by atoms with Gasteiger partial charge in [-0.05, 0) is 19.8 Å². The van der Waals surface area contributed by atoms with Crippen LogP contribution >= 0.6 is 7.82 Å². The minimum Gasteiger partial charge on any atom is -0.287 e. The number of hydrogen-bond donors (Lipinski definition) is 0. The predicted molar refractivity (Wildman–Crippen MR) is 66.6 cm³/mol. The third-order valence-corrected chi connectivity index (χ3v) is 4.18. The Morgan fingerprint density at radius 3 is 1.83 bits per heavy atom. The van der Waals surface area contributed by atoms with Crippen molar-refractivity contribution >= 4 is 17.9 Å². The first-order chi connectivity index (χ1) is 8.39. The Labute approximate surface area is 108 Å². The Balaban J connectivity index is 4.45. The van der Waals surface area contributed by atoms with Gasteiger partial charge in [0.15, 0.2) is 5.94 Å². The third-order valence-electron chi connectivity index (χ3n) is 1.56. The maximum absolute atomic E-state index is 12.0. The van der Waals surface area contributed by atoms with Gasteiger partial charge >= 0.3 is 7.82 Å². The Hall–Kier alpha value is 0.0200. The molecule has 7 nitrogen and oxygen atoms in total. The van der Waals surface area contributed by atoms with Crippen molar-refractivity contribution in [1.29, 1.82) is 0 Å². The maximum Gasteiger partial charge on any atom is 0.475 e. The van der Waals surface area contributed by atoms with Gasteiger partial charge in [-0.25, -0.2) is 4.57 Å². The van der Waals surface area contributed by atoms with Crippen LogP contribution in [-0.4, -0.2) is 34.2 Å². The zero-order valence-corrected chi connectivity index (χ0v) is 12.7. The van der Waals surface area contributed by atoms with Crippen molar-refractivity contribution in [3.63, 3.8) is 0 Å². The molecular weight excluding hydrogens is 283 g/mol. The fourth-order valence-corrected chi connectivity index (χ4v) is 3.36. The van der Waals surface area contributed by atoms with Gasteiger partial charge in [-0.2, -0.15) is 8.42 Å². The Morgan fingerprint density at radius 2 is 1.44 bits per heavy atom. The number of phosphoric ester groups is 1. The molecule has 0 atom stereocenters. The van der Waals surface area contributed by atoms with E-state index >= 15 is 0 Å². The van der Waals surface area contributed by atoms with Crippen LogP contribution in [0, 0.1) is 0 Å². The molecule has 9 heteroatoms. The van der Waals surface area contributed by atoms with E-state index in [1.165, 1.54) is 6.92 Å². The molecule has 18 heavy (non-hydrogen) atoms. The quantitative estimate of drug-likeness (QED) is 0.427. The lowest BCUT2D eigenvalue weighted by atomic mass is 10.5. The maximum atomic E-state index is 12.0. The van der Waals surface area contributed by atoms with Gasteiger partial charge in [-0.3, -0.25) is 17.8 Å². The van der Waals surface area contributed by atoms with Crippen molar-refractivity contribution in [2.24, 2.45) is 0 Å². The highest BCUT2D eigenvalue weighted by Crippen LogP contribution is 2.49. The van der Waals surface area contributed by atoms with Crippen molar-refractivity contribution in [2.45, 2.75) is 33.6 Å². The summed E-state index contributed by atoms with van der Waals surface area (Å²) in [6, 6.07) is 0. The summed E-state index contributed by atoms with van der Waals surface area (Å²) in [5.41, 5.74) is 0. The SMILES string of the molecule is CCCOP(=O)(OCCC)OCS(=O)(=O)OCC. The third kappa shape index (κ3) is 8.18. The number of phosphoric acid groups is 1. The highest BCUT2D eigenvalue weighted by atomic mass is 32.2. The van der Waals surface area contributed by atoms with Crippen LogP contribution in [0.4, 0.5) is 0 Å². The molecule has 0 bridgehead atoms. The second kappa shape index (κ2) is 9.01. The number of rotatable bonds is 11. The van der Waals surface area contributed by atoms with E-state index in [1.807, 2.05) is 13.8 Å². The summed E-state index contributed by atoms with van der Waals surface area (Å²) >= 11 is 0. The highest BCUT2D eigenvalue weighted by molar-refractivity contribution is 7.86. The lowest BCUT2D eigenvalue weighted by Gasteiger charge is -2.17. The Kier molecular flexibility index (Phi) is 9.02. The fraction of sp³-hybridized carbons (Fsp3) is 1.00. The zero-order valence-electron chi connectivity index (χ0n) is 11.0. The fourth-order valence-electron chi connectivity index (χ4n) is 0.861. The van der Waals surface area contributed by atoms with E-state index in [1.54, 1.807) is 0 Å². The summed E-state index contributed by atoms with van der Waals surface area (Å²) in [6.07, 6.45) is 1.22. The topological polar surface area (TPSA) is 88.1 Å². The van der Waals surface area contributed by atoms with Crippen LogP contribution in [0.25, 0.3) is 0 Å². The van der Waals surface area contributed by atoms with Gasteiger partial charge in [0.05, 0.1) is 19.8 Å². The van der Waals surface area contributed by atoms with Crippen LogP contribution in [0.5, 0.6) is 0 Å². The first kappa shape index (κ1) is 18.0. The van der Waals surface area contributed by atoms with Gasteiger partial charge in [0.1, 0.15) is 0 Å². The standard InChI is InChI=1S/C9H21O7PS/c1-4-7-13-17(10,14-8-5-2)15-9-18(11,12)16-6-3/h4-9H2,1-3H3.